The molecule has 112 valence electrons. The highest BCUT2D eigenvalue weighted by molar-refractivity contribution is 5.43. The second kappa shape index (κ2) is 7.92. The third kappa shape index (κ3) is 3.99. The van der Waals surface area contributed by atoms with Crippen molar-refractivity contribution >= 4 is 0 Å². The molecule has 0 aliphatic heterocycles. The monoisotopic (exact) mass is 279 g/mol. The Kier molecular flexibility index (Phi) is 6.55. The van der Waals surface area contributed by atoms with Crippen molar-refractivity contribution in [3.63, 3.8) is 0 Å². The Morgan fingerprint density at radius 1 is 1.25 bits per heavy atom. The average molecular weight is 279 g/mol. The Bertz CT molecular complexity index is 432. The molecule has 4 heteroatoms. The van der Waals surface area contributed by atoms with Gasteiger partial charge in [0.25, 0.3) is 0 Å². The smallest absolute Gasteiger partial charge is 0.161 e. The Hall–Kier alpha value is -1.52. The summed E-state index contributed by atoms with van der Waals surface area (Å²) in [5, 5.41) is 13.9. The van der Waals surface area contributed by atoms with Gasteiger partial charge in [-0.1, -0.05) is 26.0 Å². The summed E-state index contributed by atoms with van der Waals surface area (Å²) in [5.41, 5.74) is 0.804. The summed E-state index contributed by atoms with van der Waals surface area (Å²) in [4.78, 5) is 0. The number of rotatable bonds is 8. The SMILES string of the molecule is C=CCNC(C(C)C)C(O)c1ccc(OC)c(OC)c1. The second-order valence-corrected chi connectivity index (χ2v) is 5.03. The van der Waals surface area contributed by atoms with Crippen LogP contribution in [0.25, 0.3) is 0 Å². The van der Waals surface area contributed by atoms with Crippen molar-refractivity contribution in [3.05, 3.63) is 36.4 Å². The van der Waals surface area contributed by atoms with Gasteiger partial charge in [0.05, 0.1) is 20.3 Å². The Balaban J connectivity index is 2.98. The van der Waals surface area contributed by atoms with Gasteiger partial charge in [0.15, 0.2) is 11.5 Å². The summed E-state index contributed by atoms with van der Waals surface area (Å²) in [6, 6.07) is 5.43. The van der Waals surface area contributed by atoms with Crippen molar-refractivity contribution < 1.29 is 14.6 Å². The van der Waals surface area contributed by atoms with Crippen LogP contribution in [0.2, 0.25) is 0 Å². The van der Waals surface area contributed by atoms with Gasteiger partial charge < -0.3 is 19.9 Å². The van der Waals surface area contributed by atoms with Gasteiger partial charge in [0, 0.05) is 12.6 Å². The average Bonchev–Trinajstić information content (AvgIpc) is 2.46. The zero-order valence-electron chi connectivity index (χ0n) is 12.7. The number of nitrogens with one attached hydrogen (secondary N) is 1. The highest BCUT2D eigenvalue weighted by Crippen LogP contribution is 2.32. The third-order valence-corrected chi connectivity index (χ3v) is 3.31. The van der Waals surface area contributed by atoms with E-state index < -0.39 is 6.10 Å². The first-order valence-electron chi connectivity index (χ1n) is 6.79. The van der Waals surface area contributed by atoms with Gasteiger partial charge in [-0.3, -0.25) is 0 Å². The van der Waals surface area contributed by atoms with E-state index >= 15 is 0 Å². The van der Waals surface area contributed by atoms with E-state index in [4.69, 9.17) is 9.47 Å². The molecule has 0 bridgehead atoms. The summed E-state index contributed by atoms with van der Waals surface area (Å²) in [7, 11) is 3.18. The van der Waals surface area contributed by atoms with Crippen molar-refractivity contribution in [2.45, 2.75) is 26.0 Å². The molecular weight excluding hydrogens is 254 g/mol. The van der Waals surface area contributed by atoms with E-state index in [0.29, 0.717) is 18.0 Å². The van der Waals surface area contributed by atoms with Crippen LogP contribution < -0.4 is 14.8 Å². The minimum absolute atomic E-state index is 0.0499. The van der Waals surface area contributed by atoms with Crippen LogP contribution in [0.1, 0.15) is 25.5 Å². The van der Waals surface area contributed by atoms with E-state index in [9.17, 15) is 5.11 Å². The van der Waals surface area contributed by atoms with Crippen LogP contribution >= 0.6 is 0 Å². The lowest BCUT2D eigenvalue weighted by atomic mass is 9.93. The molecule has 2 atom stereocenters. The molecule has 2 N–H and O–H groups in total. The molecule has 0 spiro atoms. The molecule has 0 aromatic heterocycles. The Morgan fingerprint density at radius 3 is 2.40 bits per heavy atom. The van der Waals surface area contributed by atoms with Crippen LogP contribution in [-0.4, -0.2) is 31.9 Å². The maximum atomic E-state index is 10.6. The fraction of sp³-hybridized carbons (Fsp3) is 0.500. The molecule has 0 aliphatic carbocycles. The van der Waals surface area contributed by atoms with Gasteiger partial charge in [-0.25, -0.2) is 0 Å². The molecule has 0 heterocycles. The van der Waals surface area contributed by atoms with E-state index in [0.717, 1.165) is 5.56 Å². The van der Waals surface area contributed by atoms with Crippen LogP contribution in [-0.2, 0) is 0 Å². The first-order valence-corrected chi connectivity index (χ1v) is 6.79. The lowest BCUT2D eigenvalue weighted by Gasteiger charge is -2.28. The van der Waals surface area contributed by atoms with Crippen molar-refractivity contribution in [1.29, 1.82) is 0 Å². The molecule has 4 nitrogen and oxygen atoms in total. The summed E-state index contributed by atoms with van der Waals surface area (Å²) in [5.74, 6) is 1.57. The lowest BCUT2D eigenvalue weighted by molar-refractivity contribution is 0.107. The number of benzene rings is 1. The Labute approximate surface area is 121 Å². The highest BCUT2D eigenvalue weighted by atomic mass is 16.5. The number of hydrogen-bond acceptors (Lipinski definition) is 4. The molecule has 0 fully saturated rings. The van der Waals surface area contributed by atoms with Gasteiger partial charge in [-0.2, -0.15) is 0 Å². The second-order valence-electron chi connectivity index (χ2n) is 5.03. The molecule has 0 radical (unpaired) electrons. The van der Waals surface area contributed by atoms with Crippen molar-refractivity contribution in [2.75, 3.05) is 20.8 Å². The van der Waals surface area contributed by atoms with E-state index in [2.05, 4.69) is 25.7 Å². The molecule has 0 aliphatic rings. The highest BCUT2D eigenvalue weighted by Gasteiger charge is 2.24. The third-order valence-electron chi connectivity index (χ3n) is 3.31. The van der Waals surface area contributed by atoms with E-state index in [1.807, 2.05) is 18.2 Å². The minimum Gasteiger partial charge on any atom is -0.493 e. The first-order chi connectivity index (χ1) is 9.54. The summed E-state index contributed by atoms with van der Waals surface area (Å²) in [6.45, 7) is 8.50. The number of aliphatic hydroxyl groups is 1. The molecule has 1 aromatic rings. The fourth-order valence-electron chi connectivity index (χ4n) is 2.18. The number of ether oxygens (including phenoxy) is 2. The van der Waals surface area contributed by atoms with Gasteiger partial charge in [0.2, 0.25) is 0 Å². The zero-order chi connectivity index (χ0) is 15.1. The summed E-state index contributed by atoms with van der Waals surface area (Å²) >= 11 is 0. The molecule has 1 aromatic carbocycles. The molecule has 0 saturated heterocycles. The fourth-order valence-corrected chi connectivity index (χ4v) is 2.18. The van der Waals surface area contributed by atoms with Gasteiger partial charge in [0.1, 0.15) is 0 Å². The Morgan fingerprint density at radius 2 is 1.90 bits per heavy atom. The summed E-state index contributed by atoms with van der Waals surface area (Å²) in [6.07, 6.45) is 1.17. The predicted molar refractivity (Wildman–Crippen MR) is 81.3 cm³/mol. The van der Waals surface area contributed by atoms with Crippen LogP contribution in [0, 0.1) is 5.92 Å². The molecule has 2 unspecified atom stereocenters. The van der Waals surface area contributed by atoms with Crippen molar-refractivity contribution in [3.8, 4) is 11.5 Å². The predicted octanol–water partition coefficient (Wildman–Crippen LogP) is 2.54. The zero-order valence-corrected chi connectivity index (χ0v) is 12.7. The minimum atomic E-state index is -0.616. The van der Waals surface area contributed by atoms with Gasteiger partial charge in [-0.05, 0) is 23.6 Å². The topological polar surface area (TPSA) is 50.7 Å². The summed E-state index contributed by atoms with van der Waals surface area (Å²) < 4.78 is 10.5. The number of hydrogen-bond donors (Lipinski definition) is 2. The first kappa shape index (κ1) is 16.5. The van der Waals surface area contributed by atoms with Gasteiger partial charge in [-0.15, -0.1) is 6.58 Å². The number of aliphatic hydroxyl groups excluding tert-OH is 1. The van der Waals surface area contributed by atoms with E-state index in [1.165, 1.54) is 0 Å². The number of methoxy groups -OCH3 is 2. The van der Waals surface area contributed by atoms with E-state index in [-0.39, 0.29) is 12.0 Å². The molecule has 1 rings (SSSR count). The molecule has 0 saturated carbocycles. The maximum absolute atomic E-state index is 10.6. The largest absolute Gasteiger partial charge is 0.493 e. The van der Waals surface area contributed by atoms with E-state index in [1.54, 1.807) is 20.3 Å². The van der Waals surface area contributed by atoms with Crippen LogP contribution in [0.4, 0.5) is 0 Å². The van der Waals surface area contributed by atoms with Crippen LogP contribution in [0.15, 0.2) is 30.9 Å². The lowest BCUT2D eigenvalue weighted by Crippen LogP contribution is -2.39. The molecular formula is C16H25NO3. The quantitative estimate of drug-likeness (QED) is 0.718. The van der Waals surface area contributed by atoms with Crippen molar-refractivity contribution in [2.24, 2.45) is 5.92 Å². The standard InChI is InChI=1S/C16H25NO3/c1-6-9-17-15(11(2)3)16(18)12-7-8-13(19-4)14(10-12)20-5/h6-8,10-11,15-18H,1,9H2,2-5H3. The molecule has 20 heavy (non-hydrogen) atoms. The van der Waals surface area contributed by atoms with Crippen LogP contribution in [0.3, 0.4) is 0 Å². The normalized spacial score (nSPS) is 13.9. The molecule has 0 amide bonds. The van der Waals surface area contributed by atoms with Gasteiger partial charge >= 0.3 is 0 Å². The maximum Gasteiger partial charge on any atom is 0.161 e. The van der Waals surface area contributed by atoms with Crippen LogP contribution in [0.5, 0.6) is 11.5 Å². The van der Waals surface area contributed by atoms with Crippen molar-refractivity contribution in [1.82, 2.24) is 5.32 Å².